The van der Waals surface area contributed by atoms with Gasteiger partial charge in [-0.05, 0) is 62.1 Å². The highest BCUT2D eigenvalue weighted by Crippen LogP contribution is 2.40. The van der Waals surface area contributed by atoms with E-state index in [1.165, 1.54) is 17.6 Å². The van der Waals surface area contributed by atoms with Crippen LogP contribution in [0.4, 0.5) is 5.69 Å². The van der Waals surface area contributed by atoms with Crippen LogP contribution in [0.25, 0.3) is 10.2 Å². The standard InChI is InChI=1S/C24H22N4O3S/c1-13-19-14(2)26-21(16-7-8-16)28-24(19)32-20(13)23(30)25-12-15-5-9-17(10-6-15)27-22(29)18-4-3-11-31-18/h3-6,9-11,16H,7-8,12H2,1-2H3,(H,25,30)(H,27,29). The number of fused-ring (bicyclic) bond motifs is 1. The Hall–Kier alpha value is -3.52. The number of anilines is 1. The highest BCUT2D eigenvalue weighted by Gasteiger charge is 2.28. The summed E-state index contributed by atoms with van der Waals surface area (Å²) in [6.45, 7) is 4.33. The number of amides is 2. The molecule has 0 aliphatic heterocycles. The number of thiophene rings is 1. The number of aromatic nitrogens is 2. The number of nitrogens with one attached hydrogen (secondary N) is 2. The molecule has 3 aromatic heterocycles. The highest BCUT2D eigenvalue weighted by atomic mass is 32.1. The first-order valence-electron chi connectivity index (χ1n) is 10.5. The van der Waals surface area contributed by atoms with E-state index in [-0.39, 0.29) is 17.6 Å². The number of carbonyl (C=O) groups excluding carboxylic acids is 2. The fourth-order valence-electron chi connectivity index (χ4n) is 3.67. The molecule has 2 N–H and O–H groups in total. The van der Waals surface area contributed by atoms with Gasteiger partial charge in [-0.1, -0.05) is 12.1 Å². The van der Waals surface area contributed by atoms with Crippen LogP contribution < -0.4 is 10.6 Å². The van der Waals surface area contributed by atoms with E-state index >= 15 is 0 Å². The minimum absolute atomic E-state index is 0.118. The van der Waals surface area contributed by atoms with Crippen molar-refractivity contribution in [2.45, 2.75) is 39.2 Å². The van der Waals surface area contributed by atoms with Crippen molar-refractivity contribution in [1.82, 2.24) is 15.3 Å². The minimum atomic E-state index is -0.306. The van der Waals surface area contributed by atoms with Crippen molar-refractivity contribution in [3.05, 3.63) is 75.9 Å². The normalized spacial score (nSPS) is 13.3. The van der Waals surface area contributed by atoms with E-state index < -0.39 is 0 Å². The molecule has 162 valence electrons. The summed E-state index contributed by atoms with van der Waals surface area (Å²) in [6.07, 6.45) is 3.75. The maximum Gasteiger partial charge on any atom is 0.291 e. The number of hydrogen-bond donors (Lipinski definition) is 2. The molecular weight excluding hydrogens is 424 g/mol. The van der Waals surface area contributed by atoms with Crippen LogP contribution in [0, 0.1) is 13.8 Å². The van der Waals surface area contributed by atoms with Gasteiger partial charge in [0.05, 0.1) is 16.8 Å². The van der Waals surface area contributed by atoms with Gasteiger partial charge in [0.25, 0.3) is 11.8 Å². The molecule has 3 heterocycles. The Labute approximate surface area is 188 Å². The van der Waals surface area contributed by atoms with Gasteiger partial charge < -0.3 is 15.1 Å². The molecule has 1 aliphatic rings. The molecule has 32 heavy (non-hydrogen) atoms. The molecular formula is C24H22N4O3S. The molecule has 1 saturated carbocycles. The van der Waals surface area contributed by atoms with Crippen LogP contribution in [0.2, 0.25) is 0 Å². The first-order chi connectivity index (χ1) is 15.5. The van der Waals surface area contributed by atoms with Crippen LogP contribution in [0.15, 0.2) is 47.1 Å². The van der Waals surface area contributed by atoms with E-state index in [0.717, 1.165) is 45.7 Å². The number of furan rings is 1. The number of hydrogen-bond acceptors (Lipinski definition) is 6. The Kier molecular flexibility index (Phi) is 5.22. The Balaban J connectivity index is 1.25. The first-order valence-corrected chi connectivity index (χ1v) is 11.3. The van der Waals surface area contributed by atoms with E-state index in [1.807, 2.05) is 26.0 Å². The Morgan fingerprint density at radius 1 is 1.09 bits per heavy atom. The van der Waals surface area contributed by atoms with Gasteiger partial charge in [0.15, 0.2) is 5.76 Å². The molecule has 8 heteroatoms. The molecule has 1 aromatic carbocycles. The fourth-order valence-corrected chi connectivity index (χ4v) is 4.82. The molecule has 0 atom stereocenters. The SMILES string of the molecule is Cc1nc(C2CC2)nc2sc(C(=O)NCc3ccc(NC(=O)c4ccco4)cc3)c(C)c12. The average molecular weight is 447 g/mol. The van der Waals surface area contributed by atoms with E-state index in [2.05, 4.69) is 15.6 Å². The van der Waals surface area contributed by atoms with Crippen molar-refractivity contribution in [2.75, 3.05) is 5.32 Å². The quantitative estimate of drug-likeness (QED) is 0.436. The van der Waals surface area contributed by atoms with Crippen molar-refractivity contribution < 1.29 is 14.0 Å². The Bertz CT molecular complexity index is 1310. The minimum Gasteiger partial charge on any atom is -0.459 e. The van der Waals surface area contributed by atoms with E-state index in [1.54, 1.807) is 24.3 Å². The summed E-state index contributed by atoms with van der Waals surface area (Å²) in [4.78, 5) is 35.9. The first kappa shape index (κ1) is 20.4. The van der Waals surface area contributed by atoms with Gasteiger partial charge in [-0.25, -0.2) is 9.97 Å². The van der Waals surface area contributed by atoms with Gasteiger partial charge >= 0.3 is 0 Å². The lowest BCUT2D eigenvalue weighted by atomic mass is 10.1. The van der Waals surface area contributed by atoms with Crippen LogP contribution in [0.5, 0.6) is 0 Å². The monoisotopic (exact) mass is 446 g/mol. The molecule has 0 bridgehead atoms. The van der Waals surface area contributed by atoms with Gasteiger partial charge in [-0.15, -0.1) is 11.3 Å². The third kappa shape index (κ3) is 4.01. The molecule has 7 nitrogen and oxygen atoms in total. The summed E-state index contributed by atoms with van der Waals surface area (Å²) in [5.41, 5.74) is 3.46. The zero-order valence-corrected chi connectivity index (χ0v) is 18.6. The third-order valence-corrected chi connectivity index (χ3v) is 6.73. The fraction of sp³-hybridized carbons (Fsp3) is 0.250. The lowest BCUT2D eigenvalue weighted by Gasteiger charge is -2.07. The van der Waals surface area contributed by atoms with E-state index in [0.29, 0.717) is 23.0 Å². The maximum absolute atomic E-state index is 12.9. The highest BCUT2D eigenvalue weighted by molar-refractivity contribution is 7.20. The van der Waals surface area contributed by atoms with E-state index in [4.69, 9.17) is 9.40 Å². The Morgan fingerprint density at radius 3 is 2.56 bits per heavy atom. The van der Waals surface area contributed by atoms with Gasteiger partial charge in [-0.3, -0.25) is 9.59 Å². The largest absolute Gasteiger partial charge is 0.459 e. The molecule has 5 rings (SSSR count). The van der Waals surface area contributed by atoms with Crippen LogP contribution >= 0.6 is 11.3 Å². The van der Waals surface area contributed by atoms with Gasteiger partial charge in [0.2, 0.25) is 0 Å². The zero-order valence-electron chi connectivity index (χ0n) is 17.8. The van der Waals surface area contributed by atoms with Crippen molar-refractivity contribution in [1.29, 1.82) is 0 Å². The Morgan fingerprint density at radius 2 is 1.88 bits per heavy atom. The van der Waals surface area contributed by atoms with Crippen molar-refractivity contribution in [2.24, 2.45) is 0 Å². The number of carbonyl (C=O) groups is 2. The number of aryl methyl sites for hydroxylation is 2. The summed E-state index contributed by atoms with van der Waals surface area (Å²) in [5, 5.41) is 6.75. The molecule has 4 aromatic rings. The molecule has 0 saturated heterocycles. The smallest absolute Gasteiger partial charge is 0.291 e. The summed E-state index contributed by atoms with van der Waals surface area (Å²) < 4.78 is 5.09. The molecule has 0 unspecified atom stereocenters. The second-order valence-corrected chi connectivity index (χ2v) is 8.99. The van der Waals surface area contributed by atoms with Crippen molar-refractivity contribution >= 4 is 39.1 Å². The van der Waals surface area contributed by atoms with Gasteiger partial charge in [-0.2, -0.15) is 0 Å². The molecule has 2 amide bonds. The maximum atomic E-state index is 12.9. The third-order valence-electron chi connectivity index (χ3n) is 5.55. The second kappa shape index (κ2) is 8.20. The van der Waals surface area contributed by atoms with Crippen LogP contribution in [0.3, 0.4) is 0 Å². The summed E-state index contributed by atoms with van der Waals surface area (Å²) in [7, 11) is 0. The summed E-state index contributed by atoms with van der Waals surface area (Å²) in [5.74, 6) is 1.21. The number of benzene rings is 1. The number of nitrogens with zero attached hydrogens (tertiary/aromatic N) is 2. The van der Waals surface area contributed by atoms with Crippen molar-refractivity contribution in [3.63, 3.8) is 0 Å². The van der Waals surface area contributed by atoms with Crippen LogP contribution in [-0.4, -0.2) is 21.8 Å². The molecule has 1 fully saturated rings. The van der Waals surface area contributed by atoms with Gasteiger partial charge in [0, 0.05) is 23.5 Å². The summed E-state index contributed by atoms with van der Waals surface area (Å²) in [6, 6.07) is 10.6. The summed E-state index contributed by atoms with van der Waals surface area (Å²) >= 11 is 1.43. The predicted octanol–water partition coefficient (Wildman–Crippen LogP) is 4.96. The zero-order chi connectivity index (χ0) is 22.2. The average Bonchev–Trinajstić information content (AvgIpc) is 3.37. The lowest BCUT2D eigenvalue weighted by molar-refractivity contribution is 0.0953. The van der Waals surface area contributed by atoms with Crippen LogP contribution in [0.1, 0.15) is 61.6 Å². The molecule has 0 spiro atoms. The van der Waals surface area contributed by atoms with Crippen LogP contribution in [-0.2, 0) is 6.54 Å². The lowest BCUT2D eigenvalue weighted by Crippen LogP contribution is -2.22. The molecule has 0 radical (unpaired) electrons. The van der Waals surface area contributed by atoms with E-state index in [9.17, 15) is 9.59 Å². The van der Waals surface area contributed by atoms with Crippen molar-refractivity contribution in [3.8, 4) is 0 Å². The topological polar surface area (TPSA) is 97.1 Å². The second-order valence-electron chi connectivity index (χ2n) is 7.99. The van der Waals surface area contributed by atoms with Gasteiger partial charge in [0.1, 0.15) is 10.7 Å². The number of rotatable bonds is 6. The predicted molar refractivity (Wildman–Crippen MR) is 123 cm³/mol. The molecule has 1 aliphatic carbocycles.